The molecule has 0 spiro atoms. The van der Waals surface area contributed by atoms with Crippen molar-refractivity contribution in [1.82, 2.24) is 0 Å². The number of benzene rings is 1. The number of carbonyl (C=O) groups is 1. The highest BCUT2D eigenvalue weighted by Gasteiger charge is 2.00. The van der Waals surface area contributed by atoms with Crippen LogP contribution in [0.2, 0.25) is 0 Å². The van der Waals surface area contributed by atoms with Gasteiger partial charge in [0.15, 0.2) is 0 Å². The molecule has 0 saturated carbocycles. The van der Waals surface area contributed by atoms with Crippen LogP contribution in [0.4, 0.5) is 4.39 Å². The molecule has 0 aliphatic rings. The minimum absolute atomic E-state index is 0.247. The van der Waals surface area contributed by atoms with Gasteiger partial charge >= 0.3 is 5.97 Å². The van der Waals surface area contributed by atoms with E-state index in [0.29, 0.717) is 5.56 Å². The van der Waals surface area contributed by atoms with Gasteiger partial charge in [0, 0.05) is 11.8 Å². The molecule has 0 saturated heterocycles. The molecule has 14 heavy (non-hydrogen) atoms. The molecule has 0 aromatic heterocycles. The Morgan fingerprint density at radius 1 is 1.43 bits per heavy atom. The number of carbonyl (C=O) groups excluding carboxylic acids is 1. The lowest BCUT2D eigenvalue weighted by Gasteiger charge is -2.00. The van der Waals surface area contributed by atoms with Gasteiger partial charge in [-0.25, -0.2) is 9.18 Å². The summed E-state index contributed by atoms with van der Waals surface area (Å²) in [5, 5.41) is 0. The number of hydrogen-bond donors (Lipinski definition) is 1. The van der Waals surface area contributed by atoms with Gasteiger partial charge < -0.3 is 10.5 Å². The molecular formula is C10H10FNO2. The van der Waals surface area contributed by atoms with Gasteiger partial charge in [-0.15, -0.1) is 0 Å². The van der Waals surface area contributed by atoms with Crippen molar-refractivity contribution >= 4 is 11.7 Å². The maximum absolute atomic E-state index is 12.5. The van der Waals surface area contributed by atoms with Crippen molar-refractivity contribution in [3.8, 4) is 0 Å². The summed E-state index contributed by atoms with van der Waals surface area (Å²) in [5.74, 6) is -0.883. The summed E-state index contributed by atoms with van der Waals surface area (Å²) in [6.07, 6.45) is 1.15. The first kappa shape index (κ1) is 10.2. The van der Waals surface area contributed by atoms with Crippen LogP contribution in [0.3, 0.4) is 0 Å². The Balaban J connectivity index is 2.89. The van der Waals surface area contributed by atoms with E-state index in [-0.39, 0.29) is 11.5 Å². The fourth-order valence-corrected chi connectivity index (χ4v) is 0.912. The molecule has 0 unspecified atom stereocenters. The van der Waals surface area contributed by atoms with Gasteiger partial charge in [0.25, 0.3) is 0 Å². The first-order chi connectivity index (χ1) is 6.63. The monoisotopic (exact) mass is 195 g/mol. The molecule has 0 aliphatic carbocycles. The lowest BCUT2D eigenvalue weighted by Crippen LogP contribution is -2.02. The van der Waals surface area contributed by atoms with Crippen molar-refractivity contribution in [2.24, 2.45) is 5.73 Å². The van der Waals surface area contributed by atoms with Crippen molar-refractivity contribution in [3.63, 3.8) is 0 Å². The standard InChI is InChI=1S/C10H10FNO2/c1-14-10(13)6-9(12)7-2-4-8(11)5-3-7/h2-6H,12H2,1H3. The van der Waals surface area contributed by atoms with Crippen LogP contribution >= 0.6 is 0 Å². The second kappa shape index (κ2) is 4.41. The van der Waals surface area contributed by atoms with Gasteiger partial charge in [-0.05, 0) is 17.7 Å². The van der Waals surface area contributed by atoms with E-state index in [4.69, 9.17) is 5.73 Å². The zero-order valence-corrected chi connectivity index (χ0v) is 7.66. The Morgan fingerprint density at radius 3 is 2.50 bits per heavy atom. The lowest BCUT2D eigenvalue weighted by atomic mass is 10.1. The van der Waals surface area contributed by atoms with E-state index in [9.17, 15) is 9.18 Å². The van der Waals surface area contributed by atoms with Crippen LogP contribution in [0, 0.1) is 5.82 Å². The van der Waals surface area contributed by atoms with Crippen molar-refractivity contribution in [2.75, 3.05) is 7.11 Å². The van der Waals surface area contributed by atoms with Gasteiger partial charge in [-0.3, -0.25) is 0 Å². The van der Waals surface area contributed by atoms with Crippen LogP contribution < -0.4 is 5.73 Å². The SMILES string of the molecule is COC(=O)C=C(N)c1ccc(F)cc1. The zero-order valence-electron chi connectivity index (χ0n) is 7.66. The lowest BCUT2D eigenvalue weighted by molar-refractivity contribution is -0.134. The largest absolute Gasteiger partial charge is 0.466 e. The first-order valence-corrected chi connectivity index (χ1v) is 3.94. The van der Waals surface area contributed by atoms with Gasteiger partial charge in [-0.2, -0.15) is 0 Å². The number of nitrogens with two attached hydrogens (primary N) is 1. The summed E-state index contributed by atoms with van der Waals surface area (Å²) in [5.41, 5.74) is 6.39. The molecule has 0 radical (unpaired) electrons. The number of ether oxygens (including phenoxy) is 1. The Bertz CT molecular complexity index is 357. The predicted molar refractivity (Wildman–Crippen MR) is 50.6 cm³/mol. The smallest absolute Gasteiger partial charge is 0.332 e. The van der Waals surface area contributed by atoms with Gasteiger partial charge in [0.1, 0.15) is 5.82 Å². The zero-order chi connectivity index (χ0) is 10.6. The Kier molecular flexibility index (Phi) is 3.23. The fourth-order valence-electron chi connectivity index (χ4n) is 0.912. The molecule has 0 atom stereocenters. The Morgan fingerprint density at radius 2 is 2.00 bits per heavy atom. The number of methoxy groups -OCH3 is 1. The van der Waals surface area contributed by atoms with E-state index in [1.165, 1.54) is 31.4 Å². The maximum Gasteiger partial charge on any atom is 0.332 e. The topological polar surface area (TPSA) is 52.3 Å². The average Bonchev–Trinajstić information content (AvgIpc) is 2.18. The Hall–Kier alpha value is -1.84. The quantitative estimate of drug-likeness (QED) is 0.571. The first-order valence-electron chi connectivity index (χ1n) is 3.94. The molecular weight excluding hydrogens is 185 g/mol. The third-order valence-electron chi connectivity index (χ3n) is 1.65. The highest BCUT2D eigenvalue weighted by molar-refractivity contribution is 5.90. The summed E-state index contributed by atoms with van der Waals surface area (Å²) < 4.78 is 16.9. The Labute approximate surface area is 81.0 Å². The highest BCUT2D eigenvalue weighted by Crippen LogP contribution is 2.09. The van der Waals surface area contributed by atoms with E-state index < -0.39 is 5.97 Å². The summed E-state index contributed by atoms with van der Waals surface area (Å²) in [6.45, 7) is 0. The van der Waals surface area contributed by atoms with E-state index in [1.807, 2.05) is 0 Å². The third-order valence-corrected chi connectivity index (χ3v) is 1.65. The fraction of sp³-hybridized carbons (Fsp3) is 0.100. The molecule has 0 heterocycles. The average molecular weight is 195 g/mol. The summed E-state index contributed by atoms with van der Waals surface area (Å²) >= 11 is 0. The molecule has 0 amide bonds. The van der Waals surface area contributed by atoms with Gasteiger partial charge in [0.2, 0.25) is 0 Å². The van der Waals surface area contributed by atoms with Crippen LogP contribution in [0.1, 0.15) is 5.56 Å². The van der Waals surface area contributed by atoms with Crippen LogP contribution in [0.15, 0.2) is 30.3 Å². The minimum Gasteiger partial charge on any atom is -0.466 e. The third kappa shape index (κ3) is 2.58. The summed E-state index contributed by atoms with van der Waals surface area (Å²) in [4.78, 5) is 10.8. The summed E-state index contributed by atoms with van der Waals surface area (Å²) in [7, 11) is 1.26. The van der Waals surface area contributed by atoms with Crippen LogP contribution in [-0.2, 0) is 9.53 Å². The number of hydrogen-bond acceptors (Lipinski definition) is 3. The molecule has 1 aromatic rings. The predicted octanol–water partition coefficient (Wildman–Crippen LogP) is 1.30. The molecule has 1 rings (SSSR count). The molecule has 0 bridgehead atoms. The highest BCUT2D eigenvalue weighted by atomic mass is 19.1. The molecule has 0 fully saturated rings. The summed E-state index contributed by atoms with van der Waals surface area (Å²) in [6, 6.07) is 5.52. The minimum atomic E-state index is -0.535. The molecule has 3 nitrogen and oxygen atoms in total. The van der Waals surface area contributed by atoms with E-state index in [1.54, 1.807) is 0 Å². The molecule has 2 N–H and O–H groups in total. The van der Waals surface area contributed by atoms with E-state index in [2.05, 4.69) is 4.74 Å². The normalized spacial score (nSPS) is 11.1. The number of esters is 1. The van der Waals surface area contributed by atoms with E-state index in [0.717, 1.165) is 6.08 Å². The van der Waals surface area contributed by atoms with Gasteiger partial charge in [-0.1, -0.05) is 12.1 Å². The number of rotatable bonds is 2. The molecule has 1 aromatic carbocycles. The van der Waals surface area contributed by atoms with Gasteiger partial charge in [0.05, 0.1) is 7.11 Å². The van der Waals surface area contributed by atoms with Crippen LogP contribution in [-0.4, -0.2) is 13.1 Å². The molecule has 4 heteroatoms. The van der Waals surface area contributed by atoms with Crippen LogP contribution in [0.5, 0.6) is 0 Å². The molecule has 74 valence electrons. The van der Waals surface area contributed by atoms with Crippen molar-refractivity contribution in [3.05, 3.63) is 41.7 Å². The van der Waals surface area contributed by atoms with Crippen molar-refractivity contribution in [1.29, 1.82) is 0 Å². The molecule has 0 aliphatic heterocycles. The second-order valence-electron chi connectivity index (χ2n) is 2.63. The van der Waals surface area contributed by atoms with Crippen LogP contribution in [0.25, 0.3) is 5.70 Å². The van der Waals surface area contributed by atoms with Crippen molar-refractivity contribution in [2.45, 2.75) is 0 Å². The maximum atomic E-state index is 12.5. The number of halogens is 1. The van der Waals surface area contributed by atoms with E-state index >= 15 is 0 Å². The van der Waals surface area contributed by atoms with Crippen molar-refractivity contribution < 1.29 is 13.9 Å². The second-order valence-corrected chi connectivity index (χ2v) is 2.63.